The molecule has 0 aliphatic rings. The van der Waals surface area contributed by atoms with Crippen LogP contribution in [-0.2, 0) is 0 Å². The quantitative estimate of drug-likeness (QED) is 0.339. The summed E-state index contributed by atoms with van der Waals surface area (Å²) in [6.07, 6.45) is 2.92. The van der Waals surface area contributed by atoms with Gasteiger partial charge in [0.25, 0.3) is 5.69 Å². The number of carbonyl (C=O) groups is 1. The van der Waals surface area contributed by atoms with Gasteiger partial charge >= 0.3 is 0 Å². The molecule has 1 atom stereocenters. The van der Waals surface area contributed by atoms with Gasteiger partial charge < -0.3 is 5.11 Å². The zero-order valence-electron chi connectivity index (χ0n) is 11.0. The van der Waals surface area contributed by atoms with E-state index in [2.05, 4.69) is 6.92 Å². The average molecular weight is 265 g/mol. The van der Waals surface area contributed by atoms with Gasteiger partial charge in [0.05, 0.1) is 11.0 Å². The highest BCUT2D eigenvalue weighted by molar-refractivity contribution is 5.96. The molecule has 0 bridgehead atoms. The van der Waals surface area contributed by atoms with Gasteiger partial charge in [0, 0.05) is 24.1 Å². The van der Waals surface area contributed by atoms with Crippen molar-refractivity contribution in [2.45, 2.75) is 45.1 Å². The van der Waals surface area contributed by atoms with Crippen LogP contribution < -0.4 is 0 Å². The molecule has 0 radical (unpaired) electrons. The minimum atomic E-state index is -0.668. The van der Waals surface area contributed by atoms with Crippen molar-refractivity contribution in [2.75, 3.05) is 0 Å². The number of nitro benzene ring substituents is 1. The molecule has 1 aromatic carbocycles. The lowest BCUT2D eigenvalue weighted by Crippen LogP contribution is -2.13. The summed E-state index contributed by atoms with van der Waals surface area (Å²) in [5, 5.41) is 20.3. The lowest BCUT2D eigenvalue weighted by Gasteiger charge is -2.09. The van der Waals surface area contributed by atoms with Gasteiger partial charge in [-0.25, -0.2) is 0 Å². The molecule has 0 fully saturated rings. The maximum absolute atomic E-state index is 11.9. The van der Waals surface area contributed by atoms with Crippen LogP contribution in [0.4, 0.5) is 5.69 Å². The van der Waals surface area contributed by atoms with Crippen LogP contribution in [0, 0.1) is 10.1 Å². The topological polar surface area (TPSA) is 80.4 Å². The number of hydrogen-bond donors (Lipinski definition) is 1. The fraction of sp³-hybridized carbons (Fsp3) is 0.500. The first-order chi connectivity index (χ1) is 9.04. The number of Topliss-reactive ketones (excluding diaryl/α,β-unsaturated/α-hetero) is 1. The smallest absolute Gasteiger partial charge is 0.270 e. The number of non-ortho nitro benzene ring substituents is 1. The van der Waals surface area contributed by atoms with E-state index in [9.17, 15) is 20.0 Å². The molecule has 5 nitrogen and oxygen atoms in total. The fourth-order valence-corrected chi connectivity index (χ4v) is 1.86. The van der Waals surface area contributed by atoms with Crippen molar-refractivity contribution in [2.24, 2.45) is 0 Å². The van der Waals surface area contributed by atoms with Gasteiger partial charge in [-0.05, 0) is 6.42 Å². The average Bonchev–Trinajstić information content (AvgIpc) is 2.39. The monoisotopic (exact) mass is 265 g/mol. The summed E-state index contributed by atoms with van der Waals surface area (Å²) in [5.74, 6) is -0.257. The predicted molar refractivity (Wildman–Crippen MR) is 72.2 cm³/mol. The lowest BCUT2D eigenvalue weighted by atomic mass is 10.0. The molecule has 0 unspecified atom stereocenters. The molecule has 0 saturated heterocycles. The maximum Gasteiger partial charge on any atom is 0.270 e. The molecule has 0 spiro atoms. The van der Waals surface area contributed by atoms with Crippen LogP contribution in [0.25, 0.3) is 0 Å². The van der Waals surface area contributed by atoms with Crippen molar-refractivity contribution in [1.82, 2.24) is 0 Å². The maximum atomic E-state index is 11.9. The molecule has 19 heavy (non-hydrogen) atoms. The number of carbonyl (C=O) groups excluding carboxylic acids is 1. The number of hydrogen-bond acceptors (Lipinski definition) is 4. The second-order valence-electron chi connectivity index (χ2n) is 4.58. The van der Waals surface area contributed by atoms with Crippen molar-refractivity contribution in [1.29, 1.82) is 0 Å². The number of aliphatic hydroxyl groups excluding tert-OH is 1. The summed E-state index contributed by atoms with van der Waals surface area (Å²) >= 11 is 0. The van der Waals surface area contributed by atoms with Gasteiger partial charge in [0.1, 0.15) is 0 Å². The third kappa shape index (κ3) is 5.18. The molecule has 0 aliphatic carbocycles. The Morgan fingerprint density at radius 3 is 2.79 bits per heavy atom. The summed E-state index contributed by atoms with van der Waals surface area (Å²) in [6.45, 7) is 2.07. The van der Waals surface area contributed by atoms with Crippen LogP contribution in [0.1, 0.15) is 49.4 Å². The van der Waals surface area contributed by atoms with Gasteiger partial charge in [-0.15, -0.1) is 0 Å². The Balaban J connectivity index is 2.57. The van der Waals surface area contributed by atoms with E-state index in [1.54, 1.807) is 0 Å². The summed E-state index contributed by atoms with van der Waals surface area (Å²) in [6, 6.07) is 5.61. The predicted octanol–water partition coefficient (Wildman–Crippen LogP) is 3.11. The van der Waals surface area contributed by atoms with Crippen LogP contribution in [0.5, 0.6) is 0 Å². The molecule has 104 valence electrons. The highest BCUT2D eigenvalue weighted by atomic mass is 16.6. The molecule has 1 aromatic rings. The molecular formula is C14H19NO4. The molecule has 0 amide bonds. The lowest BCUT2D eigenvalue weighted by molar-refractivity contribution is -0.384. The van der Waals surface area contributed by atoms with Crippen molar-refractivity contribution in [3.8, 4) is 0 Å². The van der Waals surface area contributed by atoms with Crippen molar-refractivity contribution >= 4 is 11.5 Å². The van der Waals surface area contributed by atoms with Crippen LogP contribution in [-0.4, -0.2) is 21.9 Å². The number of rotatable bonds is 8. The molecule has 0 saturated carbocycles. The first-order valence-electron chi connectivity index (χ1n) is 6.50. The highest BCUT2D eigenvalue weighted by Crippen LogP contribution is 2.16. The Hall–Kier alpha value is -1.75. The minimum Gasteiger partial charge on any atom is -0.393 e. The molecule has 0 aromatic heterocycles. The van der Waals surface area contributed by atoms with Crippen molar-refractivity contribution in [3.63, 3.8) is 0 Å². The Kier molecular flexibility index (Phi) is 6.15. The number of ketones is 1. The highest BCUT2D eigenvalue weighted by Gasteiger charge is 2.15. The fourth-order valence-electron chi connectivity index (χ4n) is 1.86. The zero-order valence-corrected chi connectivity index (χ0v) is 11.0. The Morgan fingerprint density at radius 2 is 2.16 bits per heavy atom. The van der Waals surface area contributed by atoms with E-state index in [4.69, 9.17) is 0 Å². The van der Waals surface area contributed by atoms with E-state index in [1.807, 2.05) is 0 Å². The Labute approximate surface area is 112 Å². The van der Waals surface area contributed by atoms with Crippen LogP contribution in [0.2, 0.25) is 0 Å². The molecule has 1 rings (SSSR count). The van der Waals surface area contributed by atoms with Crippen LogP contribution in [0.3, 0.4) is 0 Å². The van der Waals surface area contributed by atoms with Crippen molar-refractivity contribution < 1.29 is 14.8 Å². The minimum absolute atomic E-state index is 0.0187. The van der Waals surface area contributed by atoms with E-state index >= 15 is 0 Å². The summed E-state index contributed by atoms with van der Waals surface area (Å²) in [4.78, 5) is 22.0. The number of unbranched alkanes of at least 4 members (excludes halogenated alkanes) is 2. The molecule has 1 N–H and O–H groups in total. The van der Waals surface area contributed by atoms with E-state index in [0.29, 0.717) is 6.42 Å². The third-order valence-corrected chi connectivity index (χ3v) is 2.94. The molecular weight excluding hydrogens is 246 g/mol. The van der Waals surface area contributed by atoms with E-state index in [-0.39, 0.29) is 23.5 Å². The van der Waals surface area contributed by atoms with Gasteiger partial charge in [0.2, 0.25) is 0 Å². The first kappa shape index (κ1) is 15.3. The number of nitro groups is 1. The molecule has 0 aliphatic heterocycles. The summed E-state index contributed by atoms with van der Waals surface area (Å²) in [7, 11) is 0. The number of nitrogens with zero attached hydrogens (tertiary/aromatic N) is 1. The molecule has 5 heteroatoms. The summed E-state index contributed by atoms with van der Waals surface area (Å²) in [5.41, 5.74) is 0.176. The Morgan fingerprint density at radius 1 is 1.42 bits per heavy atom. The molecule has 0 heterocycles. The third-order valence-electron chi connectivity index (χ3n) is 2.94. The standard InChI is InChI=1S/C14H19NO4/c1-2-3-4-8-13(16)10-14(17)11-6-5-7-12(9-11)15(18)19/h5-7,9,13,16H,2-4,8,10H2,1H3/t13-/m0/s1. The first-order valence-corrected chi connectivity index (χ1v) is 6.50. The largest absolute Gasteiger partial charge is 0.393 e. The van der Waals surface area contributed by atoms with Gasteiger partial charge in [-0.3, -0.25) is 14.9 Å². The second-order valence-corrected chi connectivity index (χ2v) is 4.58. The van der Waals surface area contributed by atoms with E-state index in [0.717, 1.165) is 19.3 Å². The normalized spacial score (nSPS) is 12.1. The van der Waals surface area contributed by atoms with Gasteiger partial charge in [-0.2, -0.15) is 0 Å². The second kappa shape index (κ2) is 7.63. The van der Waals surface area contributed by atoms with Gasteiger partial charge in [0.15, 0.2) is 5.78 Å². The van der Waals surface area contributed by atoms with Crippen LogP contribution >= 0.6 is 0 Å². The Bertz CT molecular complexity index is 445. The summed E-state index contributed by atoms with van der Waals surface area (Å²) < 4.78 is 0. The number of benzene rings is 1. The van der Waals surface area contributed by atoms with E-state index < -0.39 is 11.0 Å². The van der Waals surface area contributed by atoms with E-state index in [1.165, 1.54) is 24.3 Å². The van der Waals surface area contributed by atoms with Crippen LogP contribution in [0.15, 0.2) is 24.3 Å². The van der Waals surface area contributed by atoms with Crippen molar-refractivity contribution in [3.05, 3.63) is 39.9 Å². The SMILES string of the molecule is CCCCC[C@H](O)CC(=O)c1cccc([N+](=O)[O-])c1. The van der Waals surface area contributed by atoms with Gasteiger partial charge in [-0.1, -0.05) is 38.3 Å². The number of aliphatic hydroxyl groups is 1. The zero-order chi connectivity index (χ0) is 14.3.